The second-order valence-corrected chi connectivity index (χ2v) is 5.13. The predicted octanol–water partition coefficient (Wildman–Crippen LogP) is 3.52. The zero-order chi connectivity index (χ0) is 7.49. The molecule has 0 N–H and O–H groups in total. The van der Waals surface area contributed by atoms with E-state index in [2.05, 4.69) is 66.0 Å². The van der Waals surface area contributed by atoms with Gasteiger partial charge in [0.05, 0.1) is 0 Å². The number of rotatable bonds is 2. The van der Waals surface area contributed by atoms with Gasteiger partial charge in [0.25, 0.3) is 0 Å². The summed E-state index contributed by atoms with van der Waals surface area (Å²) in [5, 5.41) is 0. The molecule has 0 aliphatic carbocycles. The van der Waals surface area contributed by atoms with Crippen LogP contribution >= 0.6 is 45.2 Å². The van der Waals surface area contributed by atoms with Gasteiger partial charge in [0.15, 0.2) is 0 Å². The molecule has 0 nitrogen and oxygen atoms in total. The second kappa shape index (κ2) is 4.36. The molecule has 0 rings (SSSR count). The van der Waals surface area contributed by atoms with Crippen molar-refractivity contribution in [2.45, 2.75) is 20.8 Å². The van der Waals surface area contributed by atoms with Crippen molar-refractivity contribution in [3.63, 3.8) is 0 Å². The van der Waals surface area contributed by atoms with Crippen LogP contribution in [0.15, 0.2) is 0 Å². The van der Waals surface area contributed by atoms with E-state index in [1.807, 2.05) is 0 Å². The summed E-state index contributed by atoms with van der Waals surface area (Å²) in [5.41, 5.74) is 0.502. The summed E-state index contributed by atoms with van der Waals surface area (Å²) in [4.78, 5) is 0. The molecule has 0 radical (unpaired) electrons. The Morgan fingerprint density at radius 3 is 1.44 bits per heavy atom. The zero-order valence-corrected chi connectivity index (χ0v) is 10.6. The first-order valence-corrected chi connectivity index (χ1v) is 6.19. The molecular weight excluding hydrogens is 338 g/mol. The molecule has 0 unspecified atom stereocenters. The number of hydrogen-bond donors (Lipinski definition) is 0. The molecule has 0 saturated carbocycles. The minimum atomic E-state index is 0.502. The quantitative estimate of drug-likeness (QED) is 0.527. The van der Waals surface area contributed by atoms with Crippen molar-refractivity contribution in [1.82, 2.24) is 0 Å². The summed E-state index contributed by atoms with van der Waals surface area (Å²) in [7, 11) is 0. The van der Waals surface area contributed by atoms with Crippen LogP contribution in [0.4, 0.5) is 0 Å². The Hall–Kier alpha value is 1.46. The Morgan fingerprint density at radius 1 is 1.11 bits per heavy atom. The molecule has 0 aromatic carbocycles. The minimum Gasteiger partial charge on any atom is -0.0860 e. The van der Waals surface area contributed by atoms with Gasteiger partial charge in [-0.05, 0) is 11.3 Å². The molecule has 56 valence electrons. The molecule has 0 heterocycles. The first-order valence-electron chi connectivity index (χ1n) is 3.14. The van der Waals surface area contributed by atoms with Crippen LogP contribution in [0.5, 0.6) is 0 Å². The molecule has 9 heavy (non-hydrogen) atoms. The summed E-state index contributed by atoms with van der Waals surface area (Å²) in [6, 6.07) is 0. The predicted molar refractivity (Wildman–Crippen MR) is 60.7 cm³/mol. The van der Waals surface area contributed by atoms with E-state index in [0.717, 1.165) is 5.92 Å². The molecule has 2 heteroatoms. The van der Waals surface area contributed by atoms with Gasteiger partial charge in [-0.15, -0.1) is 0 Å². The Labute approximate surface area is 85.5 Å². The molecule has 0 spiro atoms. The maximum absolute atomic E-state index is 2.47. The summed E-state index contributed by atoms with van der Waals surface area (Å²) < 4.78 is 2.56. The summed E-state index contributed by atoms with van der Waals surface area (Å²) in [6.07, 6.45) is 0. The SMILES string of the molecule is CC(C)(C)C(CI)CI. The molecule has 0 aliphatic rings. The third kappa shape index (κ3) is 4.01. The first-order chi connectivity index (χ1) is 4.02. The van der Waals surface area contributed by atoms with Crippen molar-refractivity contribution >= 4 is 45.2 Å². The monoisotopic (exact) mass is 352 g/mol. The summed E-state index contributed by atoms with van der Waals surface area (Å²) in [5.74, 6) is 0.874. The molecule has 0 saturated heterocycles. The lowest BCUT2D eigenvalue weighted by atomic mass is 9.84. The number of halogens is 2. The molecule has 0 aliphatic heterocycles. The average molecular weight is 352 g/mol. The van der Waals surface area contributed by atoms with Crippen molar-refractivity contribution in [3.05, 3.63) is 0 Å². The van der Waals surface area contributed by atoms with Gasteiger partial charge in [0, 0.05) is 8.86 Å². The van der Waals surface area contributed by atoms with Crippen LogP contribution in [0.3, 0.4) is 0 Å². The fraction of sp³-hybridized carbons (Fsp3) is 1.00. The van der Waals surface area contributed by atoms with Gasteiger partial charge in [-0.2, -0.15) is 0 Å². The van der Waals surface area contributed by atoms with E-state index in [0.29, 0.717) is 5.41 Å². The summed E-state index contributed by atoms with van der Waals surface area (Å²) >= 11 is 4.94. The number of alkyl halides is 2. The lowest BCUT2D eigenvalue weighted by molar-refractivity contribution is 0.300. The molecule has 0 amide bonds. The van der Waals surface area contributed by atoms with Crippen LogP contribution in [0.2, 0.25) is 0 Å². The van der Waals surface area contributed by atoms with Crippen LogP contribution in [0.1, 0.15) is 20.8 Å². The third-order valence-corrected chi connectivity index (χ3v) is 3.72. The van der Waals surface area contributed by atoms with Crippen LogP contribution in [-0.4, -0.2) is 8.86 Å². The molecule has 0 bridgehead atoms. The topological polar surface area (TPSA) is 0 Å². The lowest BCUT2D eigenvalue weighted by Crippen LogP contribution is -2.22. The highest BCUT2D eigenvalue weighted by molar-refractivity contribution is 14.1. The Kier molecular flexibility index (Phi) is 5.07. The highest BCUT2D eigenvalue weighted by atomic mass is 127. The van der Waals surface area contributed by atoms with Crippen molar-refractivity contribution in [2.75, 3.05) is 8.86 Å². The van der Waals surface area contributed by atoms with E-state index < -0.39 is 0 Å². The van der Waals surface area contributed by atoms with Crippen molar-refractivity contribution in [3.8, 4) is 0 Å². The van der Waals surface area contributed by atoms with Crippen molar-refractivity contribution in [1.29, 1.82) is 0 Å². The molecule has 0 aromatic rings. The van der Waals surface area contributed by atoms with Gasteiger partial charge in [0.2, 0.25) is 0 Å². The normalized spacial score (nSPS) is 12.7. The first kappa shape index (κ1) is 10.5. The van der Waals surface area contributed by atoms with E-state index in [9.17, 15) is 0 Å². The fourth-order valence-electron chi connectivity index (χ4n) is 0.504. The van der Waals surface area contributed by atoms with Gasteiger partial charge < -0.3 is 0 Å². The zero-order valence-electron chi connectivity index (χ0n) is 6.25. The van der Waals surface area contributed by atoms with E-state index in [1.54, 1.807) is 0 Å². The highest BCUT2D eigenvalue weighted by Gasteiger charge is 2.21. The van der Waals surface area contributed by atoms with Gasteiger partial charge in [-0.1, -0.05) is 66.0 Å². The van der Waals surface area contributed by atoms with E-state index in [-0.39, 0.29) is 0 Å². The lowest BCUT2D eigenvalue weighted by Gasteiger charge is -2.27. The molecular formula is C7H14I2. The summed E-state index contributed by atoms with van der Waals surface area (Å²) in [6.45, 7) is 6.94. The smallest absolute Gasteiger partial charge is 0.00360 e. The van der Waals surface area contributed by atoms with Crippen LogP contribution in [0, 0.1) is 11.3 Å². The van der Waals surface area contributed by atoms with E-state index >= 15 is 0 Å². The van der Waals surface area contributed by atoms with Gasteiger partial charge in [-0.25, -0.2) is 0 Å². The maximum Gasteiger partial charge on any atom is 0.00360 e. The fourth-order valence-corrected chi connectivity index (χ4v) is 4.96. The largest absolute Gasteiger partial charge is 0.0860 e. The molecule has 0 aromatic heterocycles. The van der Waals surface area contributed by atoms with E-state index in [1.165, 1.54) is 8.86 Å². The minimum absolute atomic E-state index is 0.502. The molecule has 0 atom stereocenters. The van der Waals surface area contributed by atoms with Gasteiger partial charge in [-0.3, -0.25) is 0 Å². The van der Waals surface area contributed by atoms with Crippen LogP contribution < -0.4 is 0 Å². The van der Waals surface area contributed by atoms with Gasteiger partial charge in [0.1, 0.15) is 0 Å². The van der Waals surface area contributed by atoms with Crippen molar-refractivity contribution < 1.29 is 0 Å². The average Bonchev–Trinajstić information content (AvgIpc) is 1.65. The highest BCUT2D eigenvalue weighted by Crippen LogP contribution is 2.28. The van der Waals surface area contributed by atoms with Crippen molar-refractivity contribution in [2.24, 2.45) is 11.3 Å². The van der Waals surface area contributed by atoms with Crippen LogP contribution in [0.25, 0.3) is 0 Å². The number of hydrogen-bond acceptors (Lipinski definition) is 0. The Morgan fingerprint density at radius 2 is 1.44 bits per heavy atom. The second-order valence-electron chi connectivity index (χ2n) is 3.37. The maximum atomic E-state index is 2.47. The van der Waals surface area contributed by atoms with E-state index in [4.69, 9.17) is 0 Å². The standard InChI is InChI=1S/C7H14I2/c1-7(2,3)6(4-8)5-9/h6H,4-5H2,1-3H3. The van der Waals surface area contributed by atoms with Crippen LogP contribution in [-0.2, 0) is 0 Å². The molecule has 0 fully saturated rings. The third-order valence-electron chi connectivity index (χ3n) is 1.60. The van der Waals surface area contributed by atoms with Gasteiger partial charge >= 0.3 is 0 Å². The Balaban J connectivity index is 3.79. The Bertz CT molecular complexity index is 69.5.